The van der Waals surface area contributed by atoms with Gasteiger partial charge in [-0.2, -0.15) is 0 Å². The smallest absolute Gasteiger partial charge is 0.331 e. The Morgan fingerprint density at radius 2 is 1.79 bits per heavy atom. The predicted octanol–water partition coefficient (Wildman–Crippen LogP) is -0.760. The van der Waals surface area contributed by atoms with Gasteiger partial charge in [0.1, 0.15) is 0 Å². The number of amides is 1. The molecular weight excluding hydrogens is 258 g/mol. The normalized spacial score (nSPS) is 9.95. The molecule has 0 aliphatic heterocycles. The first kappa shape index (κ1) is 16.6. The van der Waals surface area contributed by atoms with Gasteiger partial charge < -0.3 is 19.9 Å². The topological polar surface area (TPSA) is 119 Å². The first-order valence-electron chi connectivity index (χ1n) is 5.37. The van der Waals surface area contributed by atoms with E-state index in [0.717, 1.165) is 19.3 Å². The van der Waals surface area contributed by atoms with Crippen molar-refractivity contribution < 1.29 is 33.8 Å². The summed E-state index contributed by atoms with van der Waals surface area (Å²) in [5.74, 6) is -3.07. The number of carbonyl (C=O) groups excluding carboxylic acids is 3. The summed E-state index contributed by atoms with van der Waals surface area (Å²) in [7, 11) is 1.16. The lowest BCUT2D eigenvalue weighted by molar-refractivity contribution is -0.144. The third-order valence-electron chi connectivity index (χ3n) is 1.79. The number of carbonyl (C=O) groups is 4. The van der Waals surface area contributed by atoms with Crippen LogP contribution in [-0.2, 0) is 28.7 Å². The number of esters is 2. The van der Waals surface area contributed by atoms with Crippen molar-refractivity contribution in [1.29, 1.82) is 0 Å². The molecule has 2 N–H and O–H groups in total. The summed E-state index contributed by atoms with van der Waals surface area (Å²) >= 11 is 0. The Bertz CT molecular complexity index is 375. The van der Waals surface area contributed by atoms with Crippen LogP contribution in [0.5, 0.6) is 0 Å². The molecule has 0 aliphatic carbocycles. The van der Waals surface area contributed by atoms with Gasteiger partial charge in [-0.3, -0.25) is 9.59 Å². The van der Waals surface area contributed by atoms with E-state index in [9.17, 15) is 19.2 Å². The predicted molar refractivity (Wildman–Crippen MR) is 62.0 cm³/mol. The average Bonchev–Trinajstić information content (AvgIpc) is 2.38. The van der Waals surface area contributed by atoms with Gasteiger partial charge in [0.15, 0.2) is 6.61 Å². The molecule has 0 rings (SSSR count). The maximum Gasteiger partial charge on any atom is 0.331 e. The third kappa shape index (κ3) is 10.5. The van der Waals surface area contributed by atoms with Crippen molar-refractivity contribution in [2.45, 2.75) is 12.8 Å². The van der Waals surface area contributed by atoms with Gasteiger partial charge in [-0.25, -0.2) is 9.59 Å². The fraction of sp³-hybridized carbons (Fsp3) is 0.455. The minimum Gasteiger partial charge on any atom is -0.481 e. The number of methoxy groups -OCH3 is 1. The number of rotatable bonds is 8. The monoisotopic (exact) mass is 273 g/mol. The molecule has 0 bridgehead atoms. The van der Waals surface area contributed by atoms with Crippen molar-refractivity contribution in [3.63, 3.8) is 0 Å². The number of nitrogens with one attached hydrogen (secondary N) is 1. The van der Waals surface area contributed by atoms with Crippen molar-refractivity contribution in [2.24, 2.45) is 0 Å². The second-order valence-corrected chi connectivity index (χ2v) is 3.31. The molecule has 19 heavy (non-hydrogen) atoms. The number of hydrogen-bond acceptors (Lipinski definition) is 6. The van der Waals surface area contributed by atoms with E-state index in [1.807, 2.05) is 0 Å². The summed E-state index contributed by atoms with van der Waals surface area (Å²) < 4.78 is 8.77. The highest BCUT2D eigenvalue weighted by Crippen LogP contribution is 1.87. The molecule has 0 fully saturated rings. The Hall–Kier alpha value is -2.38. The molecule has 0 unspecified atom stereocenters. The van der Waals surface area contributed by atoms with Crippen LogP contribution in [0.4, 0.5) is 0 Å². The van der Waals surface area contributed by atoms with Crippen LogP contribution in [0.15, 0.2) is 12.2 Å². The molecule has 0 aromatic carbocycles. The van der Waals surface area contributed by atoms with Crippen molar-refractivity contribution in [1.82, 2.24) is 5.32 Å². The molecule has 0 saturated heterocycles. The van der Waals surface area contributed by atoms with Crippen LogP contribution in [0, 0.1) is 0 Å². The highest BCUT2D eigenvalue weighted by molar-refractivity contribution is 5.92. The molecule has 0 spiro atoms. The summed E-state index contributed by atoms with van der Waals surface area (Å²) in [6.07, 6.45) is 1.94. The molecule has 0 saturated carbocycles. The standard InChI is InChI=1S/C11H15NO7/c1-18-10(16)4-5-11(17)19-7-8(13)12-6-2-3-9(14)15/h4-5H,2-3,6-7H2,1H3,(H,12,13)(H,14,15)/b5-4+. The Labute approximate surface area is 109 Å². The van der Waals surface area contributed by atoms with Crippen LogP contribution in [0.25, 0.3) is 0 Å². The summed E-state index contributed by atoms with van der Waals surface area (Å²) in [4.78, 5) is 43.0. The van der Waals surface area contributed by atoms with Crippen molar-refractivity contribution in [3.8, 4) is 0 Å². The Morgan fingerprint density at radius 3 is 2.37 bits per heavy atom. The van der Waals surface area contributed by atoms with Crippen LogP contribution < -0.4 is 5.32 Å². The fourth-order valence-corrected chi connectivity index (χ4v) is 0.907. The molecule has 106 valence electrons. The van der Waals surface area contributed by atoms with Gasteiger partial charge in [0.25, 0.3) is 5.91 Å². The van der Waals surface area contributed by atoms with E-state index in [-0.39, 0.29) is 19.4 Å². The summed E-state index contributed by atoms with van der Waals surface area (Å²) in [6, 6.07) is 0. The highest BCUT2D eigenvalue weighted by atomic mass is 16.5. The van der Waals surface area contributed by atoms with Gasteiger partial charge in [0.05, 0.1) is 7.11 Å². The second kappa shape index (κ2) is 9.63. The minimum absolute atomic E-state index is 0.0536. The molecular formula is C11H15NO7. The number of carboxylic acids is 1. The van der Waals surface area contributed by atoms with Crippen molar-refractivity contribution in [2.75, 3.05) is 20.3 Å². The average molecular weight is 273 g/mol. The van der Waals surface area contributed by atoms with Gasteiger partial charge in [-0.05, 0) is 6.42 Å². The number of aliphatic carboxylic acids is 1. The van der Waals surface area contributed by atoms with Gasteiger partial charge in [0, 0.05) is 25.1 Å². The second-order valence-electron chi connectivity index (χ2n) is 3.31. The lowest BCUT2D eigenvalue weighted by Crippen LogP contribution is -2.29. The van der Waals surface area contributed by atoms with Crippen LogP contribution in [0.3, 0.4) is 0 Å². The highest BCUT2D eigenvalue weighted by Gasteiger charge is 2.05. The third-order valence-corrected chi connectivity index (χ3v) is 1.79. The Balaban J connectivity index is 3.72. The van der Waals surface area contributed by atoms with Crippen LogP contribution >= 0.6 is 0 Å². The van der Waals surface area contributed by atoms with E-state index in [2.05, 4.69) is 14.8 Å². The number of ether oxygens (including phenoxy) is 2. The molecule has 0 aromatic rings. The lowest BCUT2D eigenvalue weighted by atomic mass is 10.3. The lowest BCUT2D eigenvalue weighted by Gasteiger charge is -2.04. The van der Waals surface area contributed by atoms with E-state index >= 15 is 0 Å². The molecule has 1 amide bonds. The zero-order chi connectivity index (χ0) is 14.7. The SMILES string of the molecule is COC(=O)/C=C/C(=O)OCC(=O)NCCCC(=O)O. The number of carboxylic acid groups (broad SMARTS) is 1. The molecule has 0 radical (unpaired) electrons. The fourth-order valence-electron chi connectivity index (χ4n) is 0.907. The Morgan fingerprint density at radius 1 is 1.16 bits per heavy atom. The van der Waals surface area contributed by atoms with Gasteiger partial charge in [-0.15, -0.1) is 0 Å². The van der Waals surface area contributed by atoms with E-state index in [4.69, 9.17) is 5.11 Å². The van der Waals surface area contributed by atoms with E-state index in [0.29, 0.717) is 0 Å². The molecule has 8 heteroatoms. The Kier molecular flexibility index (Phi) is 8.42. The largest absolute Gasteiger partial charge is 0.481 e. The van der Waals surface area contributed by atoms with E-state index in [1.165, 1.54) is 0 Å². The van der Waals surface area contributed by atoms with Gasteiger partial charge in [-0.1, -0.05) is 0 Å². The maximum absolute atomic E-state index is 11.1. The van der Waals surface area contributed by atoms with Crippen LogP contribution in [0.1, 0.15) is 12.8 Å². The van der Waals surface area contributed by atoms with E-state index < -0.39 is 30.4 Å². The summed E-state index contributed by atoms with van der Waals surface area (Å²) in [5, 5.41) is 10.7. The molecule has 0 atom stereocenters. The zero-order valence-corrected chi connectivity index (χ0v) is 10.4. The maximum atomic E-state index is 11.1. The van der Waals surface area contributed by atoms with Crippen LogP contribution in [-0.4, -0.2) is 49.2 Å². The first-order chi connectivity index (χ1) is 8.95. The van der Waals surface area contributed by atoms with Crippen molar-refractivity contribution in [3.05, 3.63) is 12.2 Å². The summed E-state index contributed by atoms with van der Waals surface area (Å²) in [6.45, 7) is -0.321. The summed E-state index contributed by atoms with van der Waals surface area (Å²) in [5.41, 5.74) is 0. The molecule has 8 nitrogen and oxygen atoms in total. The van der Waals surface area contributed by atoms with E-state index in [1.54, 1.807) is 0 Å². The minimum atomic E-state index is -0.950. The first-order valence-corrected chi connectivity index (χ1v) is 5.37. The van der Waals surface area contributed by atoms with Gasteiger partial charge in [0.2, 0.25) is 0 Å². The van der Waals surface area contributed by atoms with Gasteiger partial charge >= 0.3 is 17.9 Å². The quantitative estimate of drug-likeness (QED) is 0.339. The molecule has 0 aliphatic rings. The molecule has 0 heterocycles. The number of hydrogen-bond donors (Lipinski definition) is 2. The van der Waals surface area contributed by atoms with Crippen molar-refractivity contribution >= 4 is 23.8 Å². The molecule has 0 aromatic heterocycles. The zero-order valence-electron chi connectivity index (χ0n) is 10.4. The van der Waals surface area contributed by atoms with Crippen LogP contribution in [0.2, 0.25) is 0 Å².